The van der Waals surface area contributed by atoms with Crippen molar-refractivity contribution < 1.29 is 122 Å². The average Bonchev–Trinajstić information content (AvgIpc) is 3.79. The Bertz CT molecular complexity index is 4500. The SMILES string of the molecule is Oc1c(O)c(O)c2c(-c3c4ccccc4c(-c4c(O)c(O)c(O)c5c(O)c(O)c(O)c(O)c45)c4cc(-c5c(O)c(O)c6c(oc7c(O)c(O)c8c(O)c(O)c(O)c(O)c8c76)c5O)ccc34)c(O)c(O)c(O)c2c1O. The maximum absolute atomic E-state index is 12.1. The van der Waals surface area contributed by atoms with E-state index in [0.29, 0.717) is 0 Å². The molecule has 0 spiro atoms. The molecular weight excluding hydrogens is 985 g/mol. The molecule has 0 unspecified atom stereocenters. The highest BCUT2D eigenvalue weighted by atomic mass is 16.4. The molecule has 0 saturated heterocycles. The summed E-state index contributed by atoms with van der Waals surface area (Å²) in [5.41, 5.74) is -5.23. The van der Waals surface area contributed by atoms with E-state index in [1.807, 2.05) is 0 Å². The Kier molecular flexibility index (Phi) is 8.78. The molecule has 0 bridgehead atoms. The van der Waals surface area contributed by atoms with Crippen molar-refractivity contribution in [2.45, 2.75) is 0 Å². The maximum atomic E-state index is 12.1. The number of rotatable bonds is 3. The van der Waals surface area contributed by atoms with Gasteiger partial charge in [0.1, 0.15) is 0 Å². The second-order valence-electron chi connectivity index (χ2n) is 17.0. The Morgan fingerprint density at radius 1 is 0.203 bits per heavy atom. The van der Waals surface area contributed by atoms with E-state index in [1.165, 1.54) is 24.3 Å². The zero-order chi connectivity index (χ0) is 53.5. The molecule has 0 atom stereocenters. The van der Waals surface area contributed by atoms with E-state index < -0.39 is 220 Å². The molecule has 24 nitrogen and oxygen atoms in total. The van der Waals surface area contributed by atoms with Crippen LogP contribution in [0.3, 0.4) is 0 Å². The van der Waals surface area contributed by atoms with Crippen molar-refractivity contribution in [2.75, 3.05) is 0 Å². The van der Waals surface area contributed by atoms with Crippen LogP contribution in [0.15, 0.2) is 46.9 Å². The van der Waals surface area contributed by atoms with Gasteiger partial charge < -0.3 is 122 Å². The molecule has 74 heavy (non-hydrogen) atoms. The number of benzene rings is 10. The van der Waals surface area contributed by atoms with Crippen molar-refractivity contribution in [1.29, 1.82) is 0 Å². The Hall–Kier alpha value is -11.3. The molecule has 11 rings (SSSR count). The fraction of sp³-hybridized carbons (Fsp3) is 0. The number of phenols is 23. The van der Waals surface area contributed by atoms with Crippen LogP contribution >= 0.6 is 0 Å². The summed E-state index contributed by atoms with van der Waals surface area (Å²) < 4.78 is 5.73. The van der Waals surface area contributed by atoms with Gasteiger partial charge in [0.2, 0.25) is 51.7 Å². The molecule has 0 amide bonds. The highest BCUT2D eigenvalue weighted by Gasteiger charge is 2.37. The van der Waals surface area contributed by atoms with Crippen LogP contribution in [0.25, 0.3) is 109 Å². The summed E-state index contributed by atoms with van der Waals surface area (Å²) in [4.78, 5) is 0. The first-order valence-electron chi connectivity index (χ1n) is 20.9. The summed E-state index contributed by atoms with van der Waals surface area (Å²) in [7, 11) is 0. The third-order valence-electron chi connectivity index (χ3n) is 13.3. The highest BCUT2D eigenvalue weighted by molar-refractivity contribution is 6.31. The van der Waals surface area contributed by atoms with Gasteiger partial charge in [-0.2, -0.15) is 0 Å². The predicted molar refractivity (Wildman–Crippen MR) is 256 cm³/mol. The minimum Gasteiger partial charge on any atom is -0.504 e. The van der Waals surface area contributed by atoms with E-state index in [4.69, 9.17) is 4.42 Å². The van der Waals surface area contributed by atoms with Crippen LogP contribution in [0, 0.1) is 0 Å². The molecule has 0 aliphatic carbocycles. The molecule has 374 valence electrons. The van der Waals surface area contributed by atoms with E-state index in [9.17, 15) is 117 Å². The molecule has 1 heterocycles. The van der Waals surface area contributed by atoms with Gasteiger partial charge in [0.05, 0.1) is 27.1 Å². The van der Waals surface area contributed by atoms with Gasteiger partial charge in [-0.1, -0.05) is 36.4 Å². The third kappa shape index (κ3) is 5.16. The summed E-state index contributed by atoms with van der Waals surface area (Å²) in [6, 6.07) is 8.51. The smallest absolute Gasteiger partial charge is 0.205 e. The lowest BCUT2D eigenvalue weighted by Crippen LogP contribution is -1.96. The molecule has 0 fully saturated rings. The fourth-order valence-electron chi connectivity index (χ4n) is 10.0. The third-order valence-corrected chi connectivity index (χ3v) is 13.3. The maximum Gasteiger partial charge on any atom is 0.205 e. The standard InChI is InChI=1S/C50H30O24/c51-26-13(39(64)50-25(38(26)63)21-20-24(37(62)48(73)49(21)74-50)36(61)47(72)44(69)31(20)56)8-5-6-11-12(7-8)15(17-19-23(33(58)41(66)28(17)53)35(60)46(71)43(68)30(19)55)10-4-2-1-3-9(10)14(11)16-18-22(32(57)40(65)27(16)52)34(59)45(70)42(67)29(18)54/h1-7,51-73H. The minimum absolute atomic E-state index is 0.154. The summed E-state index contributed by atoms with van der Waals surface area (Å²) >= 11 is 0. The number of fused-ring (bicyclic) bond motifs is 9. The normalized spacial score (nSPS) is 11.9. The quantitative estimate of drug-likeness (QED) is 0.0460. The van der Waals surface area contributed by atoms with Crippen LogP contribution in [0.5, 0.6) is 132 Å². The van der Waals surface area contributed by atoms with E-state index in [-0.39, 0.29) is 21.7 Å². The second-order valence-corrected chi connectivity index (χ2v) is 17.0. The number of hydrogen-bond donors (Lipinski definition) is 23. The van der Waals surface area contributed by atoms with Gasteiger partial charge >= 0.3 is 0 Å². The fourth-order valence-corrected chi connectivity index (χ4v) is 10.0. The molecule has 0 aliphatic heterocycles. The summed E-state index contributed by atoms with van der Waals surface area (Å²) in [6.07, 6.45) is 0. The van der Waals surface area contributed by atoms with Gasteiger partial charge in [-0.15, -0.1) is 0 Å². The van der Waals surface area contributed by atoms with Crippen LogP contribution in [-0.2, 0) is 0 Å². The number of furan rings is 1. The first kappa shape index (κ1) is 45.2. The first-order chi connectivity index (χ1) is 34.9. The number of hydrogen-bond acceptors (Lipinski definition) is 24. The zero-order valence-electron chi connectivity index (χ0n) is 36.2. The Labute approximate surface area is 404 Å². The molecule has 24 heteroatoms. The van der Waals surface area contributed by atoms with E-state index in [0.717, 1.165) is 18.2 Å². The zero-order valence-corrected chi connectivity index (χ0v) is 36.2. The lowest BCUT2D eigenvalue weighted by Gasteiger charge is -2.23. The molecule has 11 aromatic rings. The van der Waals surface area contributed by atoms with E-state index in [1.54, 1.807) is 0 Å². The largest absolute Gasteiger partial charge is 0.504 e. The van der Waals surface area contributed by atoms with Crippen LogP contribution in [0.4, 0.5) is 0 Å². The Morgan fingerprint density at radius 2 is 0.514 bits per heavy atom. The van der Waals surface area contributed by atoms with Gasteiger partial charge in [-0.05, 0) is 33.2 Å². The monoisotopic (exact) mass is 1010 g/mol. The topological polar surface area (TPSA) is 478 Å². The highest BCUT2D eigenvalue weighted by Crippen LogP contribution is 2.66. The van der Waals surface area contributed by atoms with Crippen LogP contribution in [0.2, 0.25) is 0 Å². The van der Waals surface area contributed by atoms with E-state index in [2.05, 4.69) is 0 Å². The summed E-state index contributed by atoms with van der Waals surface area (Å²) in [5.74, 6) is -30.3. The van der Waals surface area contributed by atoms with Gasteiger partial charge in [-0.25, -0.2) is 0 Å². The lowest BCUT2D eigenvalue weighted by molar-refractivity contribution is 0.347. The average molecular weight is 1010 g/mol. The second kappa shape index (κ2) is 14.4. The van der Waals surface area contributed by atoms with Gasteiger partial charge in [0, 0.05) is 43.8 Å². The predicted octanol–water partition coefficient (Wildman–Crippen LogP) is 7.58. The van der Waals surface area contributed by atoms with Crippen molar-refractivity contribution in [1.82, 2.24) is 0 Å². The lowest BCUT2D eigenvalue weighted by atomic mass is 9.81. The van der Waals surface area contributed by atoms with Gasteiger partial charge in [-0.3, -0.25) is 0 Å². The van der Waals surface area contributed by atoms with Crippen LogP contribution < -0.4 is 0 Å². The van der Waals surface area contributed by atoms with Gasteiger partial charge in [0.15, 0.2) is 91.7 Å². The minimum atomic E-state index is -1.42. The first-order valence-corrected chi connectivity index (χ1v) is 20.9. The Morgan fingerprint density at radius 3 is 0.959 bits per heavy atom. The number of aromatic hydroxyl groups is 23. The molecule has 0 saturated carbocycles. The molecule has 0 aliphatic rings. The molecular formula is C50H30O24. The van der Waals surface area contributed by atoms with Gasteiger partial charge in [0.25, 0.3) is 0 Å². The van der Waals surface area contributed by atoms with Crippen molar-refractivity contribution in [2.24, 2.45) is 0 Å². The number of phenolic OH excluding ortho intramolecular Hbond substituents is 23. The van der Waals surface area contributed by atoms with Crippen molar-refractivity contribution >= 4 is 75.8 Å². The summed E-state index contributed by atoms with van der Waals surface area (Å²) in [5, 5.41) is 248. The van der Waals surface area contributed by atoms with Crippen molar-refractivity contribution in [3.63, 3.8) is 0 Å². The molecule has 0 radical (unpaired) electrons. The summed E-state index contributed by atoms with van der Waals surface area (Å²) in [6.45, 7) is 0. The van der Waals surface area contributed by atoms with Crippen LogP contribution in [0.1, 0.15) is 0 Å². The van der Waals surface area contributed by atoms with E-state index >= 15 is 0 Å². The van der Waals surface area contributed by atoms with Crippen molar-refractivity contribution in [3.05, 3.63) is 42.5 Å². The Balaban J connectivity index is 1.37. The van der Waals surface area contributed by atoms with Crippen molar-refractivity contribution in [3.8, 4) is 166 Å². The molecule has 10 aromatic carbocycles. The van der Waals surface area contributed by atoms with Crippen LogP contribution in [-0.4, -0.2) is 117 Å². The molecule has 1 aromatic heterocycles. The molecule has 23 N–H and O–H groups in total.